The first-order valence-electron chi connectivity index (χ1n) is 8.19. The minimum Gasteiger partial charge on any atom is -0.493 e. The molecular weight excluding hydrogens is 320 g/mol. The summed E-state index contributed by atoms with van der Waals surface area (Å²) in [7, 11) is 3.87. The van der Waals surface area contributed by atoms with Crippen molar-refractivity contribution < 1.29 is 5.11 Å². The maximum Gasteiger partial charge on any atom is 0.335 e. The largest absolute Gasteiger partial charge is 0.493 e. The van der Waals surface area contributed by atoms with E-state index in [-0.39, 0.29) is 11.4 Å². The highest BCUT2D eigenvalue weighted by molar-refractivity contribution is 6.02. The Labute approximate surface area is 146 Å². The first kappa shape index (κ1) is 18.7. The maximum atomic E-state index is 12.3. The molecule has 0 bridgehead atoms. The molecule has 1 aromatic heterocycles. The second-order valence-electron chi connectivity index (χ2n) is 6.07. The molecule has 2 aromatic rings. The number of aliphatic imine (C=N–C) groups is 1. The smallest absolute Gasteiger partial charge is 0.335 e. The Morgan fingerprint density at radius 3 is 2.56 bits per heavy atom. The average molecular weight is 344 g/mol. The van der Waals surface area contributed by atoms with Gasteiger partial charge < -0.3 is 10.0 Å². The number of benzene rings is 1. The standard InChI is InChI=1S/C18H24N4O3/c1-5-13(19-10-11-21(3)4)15-16(23)20-18(25)22(17(15)24)14-9-7-6-8-12(14)2/h6-9,24H,5,10-11H2,1-4H3,(H,20,23,25). The van der Waals surface area contributed by atoms with Crippen LogP contribution >= 0.6 is 0 Å². The van der Waals surface area contributed by atoms with Crippen molar-refractivity contribution in [2.24, 2.45) is 4.99 Å². The molecule has 2 rings (SSSR count). The van der Waals surface area contributed by atoms with E-state index in [1.54, 1.807) is 12.1 Å². The fraction of sp³-hybridized carbons (Fsp3) is 0.389. The van der Waals surface area contributed by atoms with Gasteiger partial charge in [0, 0.05) is 6.54 Å². The van der Waals surface area contributed by atoms with Gasteiger partial charge in [-0.15, -0.1) is 0 Å². The molecule has 0 amide bonds. The van der Waals surface area contributed by atoms with E-state index < -0.39 is 11.2 Å². The van der Waals surface area contributed by atoms with Crippen molar-refractivity contribution in [3.63, 3.8) is 0 Å². The molecule has 0 radical (unpaired) electrons. The molecule has 134 valence electrons. The molecule has 1 aromatic carbocycles. The number of aromatic nitrogens is 2. The summed E-state index contributed by atoms with van der Waals surface area (Å²) >= 11 is 0. The highest BCUT2D eigenvalue weighted by atomic mass is 16.3. The fourth-order valence-corrected chi connectivity index (χ4v) is 2.58. The number of para-hydroxylation sites is 1. The van der Waals surface area contributed by atoms with Crippen molar-refractivity contribution in [3.05, 3.63) is 56.2 Å². The summed E-state index contributed by atoms with van der Waals surface area (Å²) in [6.45, 7) is 4.91. The normalized spacial score (nSPS) is 12.0. The van der Waals surface area contributed by atoms with Crippen LogP contribution in [0.2, 0.25) is 0 Å². The van der Waals surface area contributed by atoms with E-state index in [0.717, 1.165) is 16.7 Å². The zero-order chi connectivity index (χ0) is 18.6. The van der Waals surface area contributed by atoms with Crippen LogP contribution in [0, 0.1) is 6.92 Å². The number of nitrogens with zero attached hydrogens (tertiary/aromatic N) is 3. The van der Waals surface area contributed by atoms with Crippen LogP contribution < -0.4 is 11.2 Å². The van der Waals surface area contributed by atoms with Crippen LogP contribution in [-0.4, -0.2) is 52.5 Å². The Bertz CT molecular complexity index is 894. The molecule has 1 heterocycles. The van der Waals surface area contributed by atoms with Gasteiger partial charge >= 0.3 is 5.69 Å². The van der Waals surface area contributed by atoms with Crippen molar-refractivity contribution >= 4 is 5.71 Å². The molecule has 0 unspecified atom stereocenters. The number of hydrogen-bond acceptors (Lipinski definition) is 5. The SMILES string of the molecule is CCC(=NCCN(C)C)c1c(O)n(-c2ccccc2C)c(=O)[nH]c1=O. The van der Waals surface area contributed by atoms with Crippen LogP contribution in [0.1, 0.15) is 24.5 Å². The predicted octanol–water partition coefficient (Wildman–Crippen LogP) is 1.30. The molecule has 0 atom stereocenters. The van der Waals surface area contributed by atoms with Crippen LogP contribution in [0.4, 0.5) is 0 Å². The lowest BCUT2D eigenvalue weighted by Crippen LogP contribution is -2.33. The van der Waals surface area contributed by atoms with Crippen molar-refractivity contribution in [1.29, 1.82) is 0 Å². The number of nitrogens with one attached hydrogen (secondary N) is 1. The monoisotopic (exact) mass is 344 g/mol. The second kappa shape index (κ2) is 7.94. The number of aromatic amines is 1. The fourth-order valence-electron chi connectivity index (χ4n) is 2.58. The van der Waals surface area contributed by atoms with Crippen LogP contribution in [-0.2, 0) is 0 Å². The average Bonchev–Trinajstić information content (AvgIpc) is 2.54. The van der Waals surface area contributed by atoms with E-state index in [1.165, 1.54) is 0 Å². The summed E-state index contributed by atoms with van der Waals surface area (Å²) < 4.78 is 1.11. The van der Waals surface area contributed by atoms with Crippen molar-refractivity contribution in [2.45, 2.75) is 20.3 Å². The minimum absolute atomic E-state index is 0.0455. The molecule has 25 heavy (non-hydrogen) atoms. The number of aryl methyl sites for hydroxylation is 1. The number of hydrogen-bond donors (Lipinski definition) is 2. The molecule has 2 N–H and O–H groups in total. The van der Waals surface area contributed by atoms with E-state index in [9.17, 15) is 14.7 Å². The van der Waals surface area contributed by atoms with Crippen molar-refractivity contribution in [1.82, 2.24) is 14.5 Å². The van der Waals surface area contributed by atoms with Gasteiger partial charge in [0.05, 0.1) is 17.9 Å². The van der Waals surface area contributed by atoms with Crippen molar-refractivity contribution in [3.8, 4) is 11.6 Å². The number of aromatic hydroxyl groups is 1. The predicted molar refractivity (Wildman–Crippen MR) is 99.3 cm³/mol. The third-order valence-corrected chi connectivity index (χ3v) is 3.92. The van der Waals surface area contributed by atoms with Gasteiger partial charge in [-0.05, 0) is 39.1 Å². The number of H-pyrrole nitrogens is 1. The lowest BCUT2D eigenvalue weighted by molar-refractivity contribution is 0.420. The van der Waals surface area contributed by atoms with Gasteiger partial charge in [0.1, 0.15) is 5.56 Å². The second-order valence-corrected chi connectivity index (χ2v) is 6.07. The molecule has 0 aliphatic rings. The van der Waals surface area contributed by atoms with E-state index in [4.69, 9.17) is 0 Å². The first-order valence-corrected chi connectivity index (χ1v) is 8.19. The number of rotatable bonds is 6. The molecule has 0 aliphatic heterocycles. The summed E-state index contributed by atoms with van der Waals surface area (Å²) in [6.07, 6.45) is 0.468. The van der Waals surface area contributed by atoms with Crippen LogP contribution in [0.5, 0.6) is 5.88 Å². The van der Waals surface area contributed by atoms with Crippen molar-refractivity contribution in [2.75, 3.05) is 27.2 Å². The highest BCUT2D eigenvalue weighted by Crippen LogP contribution is 2.20. The Kier molecular flexibility index (Phi) is 5.93. The molecule has 7 nitrogen and oxygen atoms in total. The Morgan fingerprint density at radius 1 is 1.28 bits per heavy atom. The molecule has 0 spiro atoms. The first-order chi connectivity index (χ1) is 11.9. The van der Waals surface area contributed by atoms with Gasteiger partial charge in [-0.25, -0.2) is 9.36 Å². The Balaban J connectivity index is 2.64. The van der Waals surface area contributed by atoms with E-state index in [2.05, 4.69) is 9.98 Å². The molecule has 7 heteroatoms. The van der Waals surface area contributed by atoms with Gasteiger partial charge in [-0.1, -0.05) is 25.1 Å². The summed E-state index contributed by atoms with van der Waals surface area (Å²) in [6, 6.07) is 7.16. The molecule has 0 aliphatic carbocycles. The van der Waals surface area contributed by atoms with Gasteiger partial charge in [0.15, 0.2) is 0 Å². The zero-order valence-corrected chi connectivity index (χ0v) is 15.0. The lowest BCUT2D eigenvalue weighted by Gasteiger charge is -2.14. The molecule has 0 saturated heterocycles. The minimum atomic E-state index is -0.677. The highest BCUT2D eigenvalue weighted by Gasteiger charge is 2.19. The van der Waals surface area contributed by atoms with Gasteiger partial charge in [-0.3, -0.25) is 14.8 Å². The third kappa shape index (κ3) is 4.06. The summed E-state index contributed by atoms with van der Waals surface area (Å²) in [5, 5.41) is 10.7. The van der Waals surface area contributed by atoms with Crippen LogP contribution in [0.25, 0.3) is 5.69 Å². The van der Waals surface area contributed by atoms with E-state index in [0.29, 0.717) is 24.4 Å². The van der Waals surface area contributed by atoms with E-state index >= 15 is 0 Å². The summed E-state index contributed by atoms with van der Waals surface area (Å²) in [5.74, 6) is -0.381. The summed E-state index contributed by atoms with van der Waals surface area (Å²) in [4.78, 5) is 33.3. The van der Waals surface area contributed by atoms with Crippen LogP contribution in [0.3, 0.4) is 0 Å². The van der Waals surface area contributed by atoms with Gasteiger partial charge in [0.25, 0.3) is 5.56 Å². The summed E-state index contributed by atoms with van der Waals surface area (Å²) in [5.41, 5.74) is 0.542. The third-order valence-electron chi connectivity index (χ3n) is 3.92. The quantitative estimate of drug-likeness (QED) is 0.773. The zero-order valence-electron chi connectivity index (χ0n) is 15.0. The number of likely N-dealkylation sites (N-methyl/N-ethyl adjacent to an activating group) is 1. The molecule has 0 fully saturated rings. The Hall–Kier alpha value is -2.67. The molecular formula is C18H24N4O3. The van der Waals surface area contributed by atoms with E-state index in [1.807, 2.05) is 45.0 Å². The Morgan fingerprint density at radius 2 is 1.96 bits per heavy atom. The lowest BCUT2D eigenvalue weighted by atomic mass is 10.1. The topological polar surface area (TPSA) is 90.7 Å². The van der Waals surface area contributed by atoms with Crippen LogP contribution in [0.15, 0.2) is 38.8 Å². The van der Waals surface area contributed by atoms with Gasteiger partial charge in [0.2, 0.25) is 5.88 Å². The van der Waals surface area contributed by atoms with Gasteiger partial charge in [-0.2, -0.15) is 0 Å². The maximum absolute atomic E-state index is 12.3. The molecule has 0 saturated carbocycles.